The van der Waals surface area contributed by atoms with Crippen LogP contribution < -0.4 is 5.32 Å². The highest BCUT2D eigenvalue weighted by Gasteiger charge is 2.34. The van der Waals surface area contributed by atoms with Gasteiger partial charge in [0.25, 0.3) is 5.91 Å². The van der Waals surface area contributed by atoms with Crippen molar-refractivity contribution in [1.82, 2.24) is 5.32 Å². The first-order chi connectivity index (χ1) is 10.5. The van der Waals surface area contributed by atoms with Crippen LogP contribution >= 0.6 is 0 Å². The fraction of sp³-hybridized carbons (Fsp3) is 0.286. The second kappa shape index (κ2) is 6.70. The van der Waals surface area contributed by atoms with Crippen LogP contribution in [0.4, 0.5) is 4.79 Å². The van der Waals surface area contributed by atoms with Crippen molar-refractivity contribution < 1.29 is 33.4 Å². The summed E-state index contributed by atoms with van der Waals surface area (Å²) in [4.78, 5) is 45.3. The fourth-order valence-corrected chi connectivity index (χ4v) is 1.72. The summed E-state index contributed by atoms with van der Waals surface area (Å²) in [5.74, 6) is -1.92. The number of ether oxygens (including phenoxy) is 3. The molecule has 0 aliphatic carbocycles. The lowest BCUT2D eigenvalue weighted by Gasteiger charge is -2.15. The zero-order valence-corrected chi connectivity index (χ0v) is 11.6. The fourth-order valence-electron chi connectivity index (χ4n) is 1.72. The molecule has 22 heavy (non-hydrogen) atoms. The molecule has 0 radical (unpaired) electrons. The number of benzene rings is 1. The summed E-state index contributed by atoms with van der Waals surface area (Å²) in [6.45, 7) is 1.32. The molecule has 1 unspecified atom stereocenters. The zero-order valence-electron chi connectivity index (χ0n) is 11.6. The van der Waals surface area contributed by atoms with Gasteiger partial charge < -0.3 is 14.2 Å². The maximum Gasteiger partial charge on any atom is 0.512 e. The molecule has 8 heteroatoms. The number of hydrogen-bond acceptors (Lipinski definition) is 7. The van der Waals surface area contributed by atoms with Crippen molar-refractivity contribution in [2.45, 2.75) is 25.7 Å². The van der Waals surface area contributed by atoms with Gasteiger partial charge in [-0.05, 0) is 12.1 Å². The first-order valence-corrected chi connectivity index (χ1v) is 6.42. The molecule has 1 N–H and O–H groups in total. The Labute approximate surface area is 125 Å². The molecule has 2 atom stereocenters. The predicted octanol–water partition coefficient (Wildman–Crippen LogP) is 0.758. The number of nitrogens with one attached hydrogen (secondary N) is 1. The van der Waals surface area contributed by atoms with Crippen LogP contribution in [0.3, 0.4) is 0 Å². The van der Waals surface area contributed by atoms with E-state index in [4.69, 9.17) is 9.47 Å². The van der Waals surface area contributed by atoms with E-state index in [2.05, 4.69) is 4.74 Å². The molecule has 1 aliphatic rings. The average molecular weight is 307 g/mol. The molecule has 0 saturated carbocycles. The van der Waals surface area contributed by atoms with Crippen LogP contribution in [0.25, 0.3) is 0 Å². The van der Waals surface area contributed by atoms with Gasteiger partial charge in [-0.3, -0.25) is 14.9 Å². The average Bonchev–Trinajstić information content (AvgIpc) is 2.77. The molecule has 1 aliphatic heterocycles. The Kier molecular flexibility index (Phi) is 4.72. The molecule has 1 fully saturated rings. The van der Waals surface area contributed by atoms with Crippen LogP contribution in [-0.4, -0.2) is 36.3 Å². The van der Waals surface area contributed by atoms with Crippen molar-refractivity contribution in [2.75, 3.05) is 0 Å². The summed E-state index contributed by atoms with van der Waals surface area (Å²) >= 11 is 0. The summed E-state index contributed by atoms with van der Waals surface area (Å²) in [6.07, 6.45) is -3.90. The largest absolute Gasteiger partial charge is 0.512 e. The number of hydrogen-bond donors (Lipinski definition) is 1. The molecule has 2 rings (SSSR count). The van der Waals surface area contributed by atoms with Crippen LogP contribution in [0.2, 0.25) is 0 Å². The van der Waals surface area contributed by atoms with Gasteiger partial charge in [0.05, 0.1) is 12.0 Å². The van der Waals surface area contributed by atoms with Gasteiger partial charge >= 0.3 is 12.1 Å². The van der Waals surface area contributed by atoms with E-state index in [1.54, 1.807) is 30.3 Å². The Morgan fingerprint density at radius 2 is 1.86 bits per heavy atom. The highest BCUT2D eigenvalue weighted by Crippen LogP contribution is 2.10. The molecule has 8 nitrogen and oxygen atoms in total. The van der Waals surface area contributed by atoms with Crippen LogP contribution in [-0.2, 0) is 23.8 Å². The number of imide groups is 1. The van der Waals surface area contributed by atoms with Gasteiger partial charge in [0, 0.05) is 6.92 Å². The van der Waals surface area contributed by atoms with Gasteiger partial charge in [-0.1, -0.05) is 18.2 Å². The molecule has 0 bridgehead atoms. The van der Waals surface area contributed by atoms with Crippen molar-refractivity contribution in [2.24, 2.45) is 0 Å². The summed E-state index contributed by atoms with van der Waals surface area (Å²) in [5, 5.41) is 1.98. The van der Waals surface area contributed by atoms with Crippen molar-refractivity contribution in [3.05, 3.63) is 35.9 Å². The molecule has 116 valence electrons. The van der Waals surface area contributed by atoms with Crippen LogP contribution in [0.5, 0.6) is 0 Å². The first kappa shape index (κ1) is 15.5. The summed E-state index contributed by atoms with van der Waals surface area (Å²) in [7, 11) is 0. The van der Waals surface area contributed by atoms with Crippen molar-refractivity contribution in [3.8, 4) is 0 Å². The maximum absolute atomic E-state index is 11.7. The first-order valence-electron chi connectivity index (χ1n) is 6.42. The van der Waals surface area contributed by atoms with Gasteiger partial charge in [-0.25, -0.2) is 9.59 Å². The number of carbonyl (C=O) groups excluding carboxylic acids is 4. The lowest BCUT2D eigenvalue weighted by Crippen LogP contribution is -2.30. The minimum Gasteiger partial charge on any atom is -0.422 e. The SMILES string of the molecule is C[C@@H](OC(=O)OC1CC(=O)NC1=O)OC(=O)c1ccccc1. The summed E-state index contributed by atoms with van der Waals surface area (Å²) in [5.41, 5.74) is 0.298. The minimum absolute atomic E-state index is 0.258. The molecular weight excluding hydrogens is 294 g/mol. The summed E-state index contributed by atoms with van der Waals surface area (Å²) in [6, 6.07) is 8.14. The lowest BCUT2D eigenvalue weighted by molar-refractivity contribution is -0.131. The van der Waals surface area contributed by atoms with E-state index in [1.807, 2.05) is 5.32 Å². The van der Waals surface area contributed by atoms with Crippen LogP contribution in [0, 0.1) is 0 Å². The van der Waals surface area contributed by atoms with Crippen LogP contribution in [0.15, 0.2) is 30.3 Å². The lowest BCUT2D eigenvalue weighted by atomic mass is 10.2. The predicted molar refractivity (Wildman–Crippen MR) is 70.4 cm³/mol. The second-order valence-corrected chi connectivity index (χ2v) is 4.43. The van der Waals surface area contributed by atoms with E-state index in [1.165, 1.54) is 6.92 Å². The third kappa shape index (κ3) is 4.05. The van der Waals surface area contributed by atoms with Gasteiger partial charge in [-0.15, -0.1) is 0 Å². The number of rotatable bonds is 4. The number of amides is 2. The highest BCUT2D eigenvalue weighted by atomic mass is 16.8. The quantitative estimate of drug-likeness (QED) is 0.497. The number of carbonyl (C=O) groups is 4. The molecule has 1 aromatic carbocycles. The Bertz CT molecular complexity index is 598. The normalized spacial score (nSPS) is 18.3. The molecule has 1 heterocycles. The van der Waals surface area contributed by atoms with E-state index in [0.717, 1.165) is 0 Å². The van der Waals surface area contributed by atoms with E-state index < -0.39 is 36.3 Å². The molecular formula is C14H13NO7. The van der Waals surface area contributed by atoms with Gasteiger partial charge in [-0.2, -0.15) is 0 Å². The third-order valence-electron chi connectivity index (χ3n) is 2.71. The van der Waals surface area contributed by atoms with Crippen molar-refractivity contribution >= 4 is 23.9 Å². The Morgan fingerprint density at radius 3 is 2.45 bits per heavy atom. The van der Waals surface area contributed by atoms with E-state index >= 15 is 0 Å². The van der Waals surface area contributed by atoms with Crippen molar-refractivity contribution in [1.29, 1.82) is 0 Å². The molecule has 2 amide bonds. The van der Waals surface area contributed by atoms with Crippen molar-refractivity contribution in [3.63, 3.8) is 0 Å². The standard InChI is InChI=1S/C14H13NO7/c1-8(20-13(18)9-5-3-2-4-6-9)21-14(19)22-10-7-11(16)15-12(10)17/h2-6,8,10H,7H2,1H3,(H,15,16,17)/t8-,10?/m1/s1. The molecule has 0 spiro atoms. The van der Waals surface area contributed by atoms with E-state index in [0.29, 0.717) is 5.56 Å². The number of esters is 1. The van der Waals surface area contributed by atoms with Crippen LogP contribution in [0.1, 0.15) is 23.7 Å². The summed E-state index contributed by atoms with van der Waals surface area (Å²) < 4.78 is 14.2. The zero-order chi connectivity index (χ0) is 16.1. The molecule has 1 aromatic rings. The minimum atomic E-state index is -1.22. The maximum atomic E-state index is 11.7. The highest BCUT2D eigenvalue weighted by molar-refractivity contribution is 6.05. The van der Waals surface area contributed by atoms with Gasteiger partial charge in [0.15, 0.2) is 6.10 Å². The van der Waals surface area contributed by atoms with E-state index in [9.17, 15) is 19.2 Å². The van der Waals surface area contributed by atoms with Gasteiger partial charge in [0.2, 0.25) is 12.2 Å². The molecule has 1 saturated heterocycles. The Hall–Kier alpha value is -2.90. The molecule has 0 aromatic heterocycles. The van der Waals surface area contributed by atoms with E-state index in [-0.39, 0.29) is 6.42 Å². The topological polar surface area (TPSA) is 108 Å². The third-order valence-corrected chi connectivity index (χ3v) is 2.71. The van der Waals surface area contributed by atoms with Gasteiger partial charge in [0.1, 0.15) is 0 Å². The monoisotopic (exact) mass is 307 g/mol. The second-order valence-electron chi connectivity index (χ2n) is 4.43. The Morgan fingerprint density at radius 1 is 1.18 bits per heavy atom. The Balaban J connectivity index is 1.80. The smallest absolute Gasteiger partial charge is 0.422 e.